The van der Waals surface area contributed by atoms with E-state index in [9.17, 15) is 4.79 Å². The van der Waals surface area contributed by atoms with Crippen molar-refractivity contribution in [1.29, 1.82) is 0 Å². The van der Waals surface area contributed by atoms with Crippen molar-refractivity contribution in [3.05, 3.63) is 11.3 Å². The molecule has 6 nitrogen and oxygen atoms in total. The fourth-order valence-electron chi connectivity index (χ4n) is 3.23. The lowest BCUT2D eigenvalue weighted by Crippen LogP contribution is -2.42. The van der Waals surface area contributed by atoms with E-state index in [2.05, 4.69) is 22.2 Å². The van der Waals surface area contributed by atoms with Crippen LogP contribution in [0.5, 0.6) is 0 Å². The standard InChI is InChI=1S/C15H25N5O/c1-10-13(8-17-12-5-6-12)15(19(2)18-10)20-7-3-4-11(9-20)14(16)21/h11-12,17H,3-9H2,1-2H3,(H2,16,21). The zero-order valence-electron chi connectivity index (χ0n) is 12.9. The van der Waals surface area contributed by atoms with Gasteiger partial charge in [0.1, 0.15) is 5.82 Å². The molecule has 2 aliphatic rings. The zero-order valence-corrected chi connectivity index (χ0v) is 12.9. The first-order chi connectivity index (χ1) is 10.1. The molecule has 2 heterocycles. The Balaban J connectivity index is 1.80. The molecular formula is C15H25N5O. The van der Waals surface area contributed by atoms with Gasteiger partial charge in [-0.1, -0.05) is 0 Å². The molecule has 0 bridgehead atoms. The molecule has 1 atom stereocenters. The van der Waals surface area contributed by atoms with E-state index in [1.807, 2.05) is 11.7 Å². The summed E-state index contributed by atoms with van der Waals surface area (Å²) >= 11 is 0. The van der Waals surface area contributed by atoms with E-state index in [-0.39, 0.29) is 11.8 Å². The van der Waals surface area contributed by atoms with Gasteiger partial charge in [-0.25, -0.2) is 0 Å². The molecule has 1 unspecified atom stereocenters. The van der Waals surface area contributed by atoms with E-state index in [1.165, 1.54) is 18.4 Å². The monoisotopic (exact) mass is 291 g/mol. The van der Waals surface area contributed by atoms with Crippen LogP contribution in [0.1, 0.15) is 36.9 Å². The number of nitrogens with one attached hydrogen (secondary N) is 1. The van der Waals surface area contributed by atoms with E-state index in [0.29, 0.717) is 12.6 Å². The maximum absolute atomic E-state index is 11.5. The number of piperidine rings is 1. The molecule has 1 saturated carbocycles. The van der Waals surface area contributed by atoms with Crippen LogP contribution in [0.25, 0.3) is 0 Å². The molecular weight excluding hydrogens is 266 g/mol. The molecule has 1 saturated heterocycles. The van der Waals surface area contributed by atoms with E-state index >= 15 is 0 Å². The minimum atomic E-state index is -0.184. The Kier molecular flexibility index (Phi) is 3.89. The second-order valence-corrected chi connectivity index (χ2v) is 6.35. The van der Waals surface area contributed by atoms with Gasteiger partial charge in [-0.3, -0.25) is 9.48 Å². The number of aromatic nitrogens is 2. The summed E-state index contributed by atoms with van der Waals surface area (Å²) in [6, 6.07) is 0.678. The van der Waals surface area contributed by atoms with Gasteiger partial charge < -0.3 is 16.0 Å². The highest BCUT2D eigenvalue weighted by Crippen LogP contribution is 2.29. The van der Waals surface area contributed by atoms with Gasteiger partial charge >= 0.3 is 0 Å². The average molecular weight is 291 g/mol. The number of anilines is 1. The number of nitrogens with zero attached hydrogens (tertiary/aromatic N) is 3. The van der Waals surface area contributed by atoms with Crippen molar-refractivity contribution in [1.82, 2.24) is 15.1 Å². The lowest BCUT2D eigenvalue weighted by Gasteiger charge is -2.33. The maximum Gasteiger partial charge on any atom is 0.222 e. The lowest BCUT2D eigenvalue weighted by atomic mass is 9.97. The van der Waals surface area contributed by atoms with Gasteiger partial charge in [-0.15, -0.1) is 0 Å². The van der Waals surface area contributed by atoms with Crippen LogP contribution in [0.4, 0.5) is 5.82 Å². The van der Waals surface area contributed by atoms with Gasteiger partial charge in [0.05, 0.1) is 11.6 Å². The van der Waals surface area contributed by atoms with Crippen LogP contribution in [0.2, 0.25) is 0 Å². The molecule has 0 aromatic carbocycles. The number of hydrogen-bond acceptors (Lipinski definition) is 4. The summed E-state index contributed by atoms with van der Waals surface area (Å²) in [6.07, 6.45) is 4.47. The molecule has 3 N–H and O–H groups in total. The summed E-state index contributed by atoms with van der Waals surface area (Å²) in [5.41, 5.74) is 7.83. The van der Waals surface area contributed by atoms with Gasteiger partial charge in [-0.2, -0.15) is 5.10 Å². The number of carbonyl (C=O) groups excluding carboxylic acids is 1. The van der Waals surface area contributed by atoms with E-state index in [0.717, 1.165) is 37.4 Å². The Hall–Kier alpha value is -1.56. The normalized spacial score (nSPS) is 22.6. The topological polar surface area (TPSA) is 76.2 Å². The Morgan fingerprint density at radius 1 is 1.43 bits per heavy atom. The number of hydrogen-bond donors (Lipinski definition) is 2. The molecule has 1 aromatic heterocycles. The fraction of sp³-hybridized carbons (Fsp3) is 0.733. The Labute approximate surface area is 125 Å². The zero-order chi connectivity index (χ0) is 15.0. The van der Waals surface area contributed by atoms with Crippen molar-refractivity contribution in [2.24, 2.45) is 18.7 Å². The second-order valence-electron chi connectivity index (χ2n) is 6.35. The molecule has 1 aromatic rings. The van der Waals surface area contributed by atoms with Crippen molar-refractivity contribution >= 4 is 11.7 Å². The fourth-order valence-corrected chi connectivity index (χ4v) is 3.23. The molecule has 0 spiro atoms. The van der Waals surface area contributed by atoms with Gasteiger partial charge in [0.25, 0.3) is 0 Å². The largest absolute Gasteiger partial charge is 0.369 e. The Bertz CT molecular complexity index is 534. The molecule has 0 radical (unpaired) electrons. The molecule has 21 heavy (non-hydrogen) atoms. The van der Waals surface area contributed by atoms with Gasteiger partial charge in [-0.05, 0) is 32.6 Å². The number of rotatable bonds is 5. The minimum absolute atomic E-state index is 0.0433. The van der Waals surface area contributed by atoms with Crippen LogP contribution in [-0.4, -0.2) is 34.8 Å². The van der Waals surface area contributed by atoms with Gasteiger partial charge in [0.2, 0.25) is 5.91 Å². The number of primary amides is 1. The number of amides is 1. The molecule has 1 aliphatic heterocycles. The highest BCUT2D eigenvalue weighted by atomic mass is 16.1. The Morgan fingerprint density at radius 3 is 2.86 bits per heavy atom. The van der Waals surface area contributed by atoms with E-state index in [1.54, 1.807) is 0 Å². The third kappa shape index (κ3) is 3.05. The molecule has 1 aliphatic carbocycles. The van der Waals surface area contributed by atoms with Crippen molar-refractivity contribution in [3.8, 4) is 0 Å². The molecule has 3 rings (SSSR count). The number of aryl methyl sites for hydroxylation is 2. The summed E-state index contributed by atoms with van der Waals surface area (Å²) in [5.74, 6) is 0.918. The van der Waals surface area contributed by atoms with Crippen LogP contribution in [0.15, 0.2) is 0 Å². The summed E-state index contributed by atoms with van der Waals surface area (Å²) in [5, 5.41) is 8.14. The van der Waals surface area contributed by atoms with Gasteiger partial charge in [0.15, 0.2) is 0 Å². The van der Waals surface area contributed by atoms with Crippen LogP contribution < -0.4 is 16.0 Å². The maximum atomic E-state index is 11.5. The van der Waals surface area contributed by atoms with Crippen molar-refractivity contribution in [2.75, 3.05) is 18.0 Å². The quantitative estimate of drug-likeness (QED) is 0.836. The summed E-state index contributed by atoms with van der Waals surface area (Å²) in [7, 11) is 1.98. The third-order valence-corrected chi connectivity index (χ3v) is 4.58. The summed E-state index contributed by atoms with van der Waals surface area (Å²) in [6.45, 7) is 4.60. The SMILES string of the molecule is Cc1nn(C)c(N2CCCC(C(N)=O)C2)c1CNC1CC1. The van der Waals surface area contributed by atoms with Crippen LogP contribution in [0.3, 0.4) is 0 Å². The number of nitrogens with two attached hydrogens (primary N) is 1. The van der Waals surface area contributed by atoms with Gasteiger partial charge in [0, 0.05) is 38.3 Å². The van der Waals surface area contributed by atoms with Crippen molar-refractivity contribution < 1.29 is 4.79 Å². The highest BCUT2D eigenvalue weighted by Gasteiger charge is 2.29. The lowest BCUT2D eigenvalue weighted by molar-refractivity contribution is -0.122. The average Bonchev–Trinajstić information content (AvgIpc) is 3.22. The molecule has 116 valence electrons. The van der Waals surface area contributed by atoms with Crippen molar-refractivity contribution in [3.63, 3.8) is 0 Å². The Morgan fingerprint density at radius 2 is 2.19 bits per heavy atom. The highest BCUT2D eigenvalue weighted by molar-refractivity contribution is 5.77. The summed E-state index contributed by atoms with van der Waals surface area (Å²) < 4.78 is 1.95. The van der Waals surface area contributed by atoms with Crippen molar-refractivity contribution in [2.45, 2.75) is 45.2 Å². The summed E-state index contributed by atoms with van der Waals surface area (Å²) in [4.78, 5) is 13.8. The van der Waals surface area contributed by atoms with Crippen LogP contribution in [-0.2, 0) is 18.4 Å². The molecule has 1 amide bonds. The first kappa shape index (κ1) is 14.4. The first-order valence-corrected chi connectivity index (χ1v) is 7.86. The third-order valence-electron chi connectivity index (χ3n) is 4.58. The second kappa shape index (κ2) is 5.67. The number of carbonyl (C=O) groups is 1. The smallest absolute Gasteiger partial charge is 0.222 e. The van der Waals surface area contributed by atoms with E-state index < -0.39 is 0 Å². The molecule has 2 fully saturated rings. The predicted octanol–water partition coefficient (Wildman–Crippen LogP) is 0.682. The van der Waals surface area contributed by atoms with Crippen LogP contribution in [0, 0.1) is 12.8 Å². The minimum Gasteiger partial charge on any atom is -0.369 e. The predicted molar refractivity (Wildman–Crippen MR) is 81.9 cm³/mol. The van der Waals surface area contributed by atoms with E-state index in [4.69, 9.17) is 5.73 Å². The molecule has 6 heteroatoms. The first-order valence-electron chi connectivity index (χ1n) is 7.86. The van der Waals surface area contributed by atoms with Crippen LogP contribution >= 0.6 is 0 Å².